The van der Waals surface area contributed by atoms with Crippen LogP contribution >= 0.6 is 0 Å². The van der Waals surface area contributed by atoms with Gasteiger partial charge in [0.25, 0.3) is 0 Å². The molecule has 1 rings (SSSR count). The second-order valence-electron chi connectivity index (χ2n) is 4.84. The van der Waals surface area contributed by atoms with E-state index in [1.165, 1.54) is 0 Å². The van der Waals surface area contributed by atoms with Crippen LogP contribution in [0.25, 0.3) is 0 Å². The van der Waals surface area contributed by atoms with Gasteiger partial charge in [0.2, 0.25) is 0 Å². The van der Waals surface area contributed by atoms with Crippen LogP contribution in [0, 0.1) is 5.92 Å². The third-order valence-corrected chi connectivity index (χ3v) is 3.23. The van der Waals surface area contributed by atoms with Crippen LogP contribution in [-0.4, -0.2) is 24.8 Å². The molecule has 5 heteroatoms. The summed E-state index contributed by atoms with van der Waals surface area (Å²) in [6.45, 7) is 2.18. The second kappa shape index (κ2) is 5.87. The van der Waals surface area contributed by atoms with Gasteiger partial charge in [-0.3, -0.25) is 0 Å². The molecule has 0 heterocycles. The summed E-state index contributed by atoms with van der Waals surface area (Å²) in [5.74, 6) is 0.337. The molecule has 1 fully saturated rings. The van der Waals surface area contributed by atoms with Crippen molar-refractivity contribution < 1.29 is 13.2 Å². The maximum atomic E-state index is 12.1. The number of rotatable bonds is 4. The van der Waals surface area contributed by atoms with Crippen molar-refractivity contribution in [2.24, 2.45) is 11.7 Å². The first kappa shape index (κ1) is 13.8. The normalized spacial score (nSPS) is 29.1. The topological polar surface area (TPSA) is 38.0 Å². The van der Waals surface area contributed by atoms with E-state index in [-0.39, 0.29) is 6.04 Å². The molecule has 96 valence electrons. The zero-order valence-electron chi connectivity index (χ0n) is 9.69. The van der Waals surface area contributed by atoms with E-state index in [0.717, 1.165) is 25.7 Å². The van der Waals surface area contributed by atoms with Gasteiger partial charge in [-0.2, -0.15) is 13.2 Å². The summed E-state index contributed by atoms with van der Waals surface area (Å²) >= 11 is 0. The van der Waals surface area contributed by atoms with E-state index in [4.69, 9.17) is 5.73 Å². The Morgan fingerprint density at radius 3 is 2.50 bits per heavy atom. The van der Waals surface area contributed by atoms with E-state index in [1.807, 2.05) is 0 Å². The third-order valence-electron chi connectivity index (χ3n) is 3.23. The van der Waals surface area contributed by atoms with Crippen molar-refractivity contribution in [2.75, 3.05) is 6.54 Å². The van der Waals surface area contributed by atoms with E-state index in [2.05, 4.69) is 5.32 Å². The third kappa shape index (κ3) is 5.16. The lowest BCUT2D eigenvalue weighted by Crippen LogP contribution is -2.42. The van der Waals surface area contributed by atoms with Crippen LogP contribution in [0.4, 0.5) is 13.2 Å². The molecule has 0 spiro atoms. The van der Waals surface area contributed by atoms with E-state index < -0.39 is 18.6 Å². The summed E-state index contributed by atoms with van der Waals surface area (Å²) in [6.07, 6.45) is -0.521. The predicted molar refractivity (Wildman–Crippen MR) is 58.1 cm³/mol. The summed E-state index contributed by atoms with van der Waals surface area (Å²) in [5, 5.41) is 2.94. The minimum Gasteiger partial charge on any atom is -0.327 e. The van der Waals surface area contributed by atoms with E-state index in [0.29, 0.717) is 12.5 Å². The van der Waals surface area contributed by atoms with Gasteiger partial charge in [-0.25, -0.2) is 0 Å². The van der Waals surface area contributed by atoms with Crippen molar-refractivity contribution >= 4 is 0 Å². The SMILES string of the molecule is CC(CC(F)(F)F)NCC1CCCCC1N. The summed E-state index contributed by atoms with van der Waals surface area (Å²) in [7, 11) is 0. The van der Waals surface area contributed by atoms with Crippen molar-refractivity contribution in [3.63, 3.8) is 0 Å². The minimum atomic E-state index is -4.08. The average molecular weight is 238 g/mol. The molecule has 0 saturated heterocycles. The lowest BCUT2D eigenvalue weighted by Gasteiger charge is -2.30. The number of halogens is 3. The highest BCUT2D eigenvalue weighted by atomic mass is 19.4. The van der Waals surface area contributed by atoms with Gasteiger partial charge in [0.15, 0.2) is 0 Å². The van der Waals surface area contributed by atoms with Crippen LogP contribution in [0.15, 0.2) is 0 Å². The molecule has 0 radical (unpaired) electrons. The summed E-state index contributed by atoms with van der Waals surface area (Å²) in [4.78, 5) is 0. The van der Waals surface area contributed by atoms with Crippen LogP contribution in [0.2, 0.25) is 0 Å². The maximum Gasteiger partial charge on any atom is 0.390 e. The van der Waals surface area contributed by atoms with Crippen LogP contribution < -0.4 is 11.1 Å². The number of hydrogen-bond donors (Lipinski definition) is 2. The molecule has 1 saturated carbocycles. The Balaban J connectivity index is 2.22. The van der Waals surface area contributed by atoms with Crippen molar-refractivity contribution in [2.45, 2.75) is 57.3 Å². The molecule has 0 amide bonds. The van der Waals surface area contributed by atoms with Gasteiger partial charge in [0.05, 0.1) is 6.42 Å². The first-order valence-electron chi connectivity index (χ1n) is 5.94. The molecule has 0 bridgehead atoms. The quantitative estimate of drug-likeness (QED) is 0.789. The standard InChI is InChI=1S/C11H21F3N2/c1-8(6-11(12,13)14)16-7-9-4-2-3-5-10(9)15/h8-10,16H,2-7,15H2,1H3. The Hall–Kier alpha value is -0.290. The molecule has 0 aromatic rings. The fourth-order valence-corrected chi connectivity index (χ4v) is 2.26. The molecular weight excluding hydrogens is 217 g/mol. The highest BCUT2D eigenvalue weighted by Crippen LogP contribution is 2.24. The van der Waals surface area contributed by atoms with Gasteiger partial charge in [0, 0.05) is 12.1 Å². The molecule has 0 aromatic heterocycles. The monoisotopic (exact) mass is 238 g/mol. The van der Waals surface area contributed by atoms with Gasteiger partial charge in [-0.05, 0) is 32.2 Å². The van der Waals surface area contributed by atoms with Gasteiger partial charge in [0.1, 0.15) is 0 Å². The Morgan fingerprint density at radius 2 is 1.94 bits per heavy atom. The van der Waals surface area contributed by atoms with Gasteiger partial charge in [-0.15, -0.1) is 0 Å². The zero-order valence-corrected chi connectivity index (χ0v) is 9.69. The van der Waals surface area contributed by atoms with E-state index in [9.17, 15) is 13.2 Å². The molecule has 3 N–H and O–H groups in total. The van der Waals surface area contributed by atoms with Gasteiger partial charge in [-0.1, -0.05) is 12.8 Å². The lowest BCUT2D eigenvalue weighted by molar-refractivity contribution is -0.139. The highest BCUT2D eigenvalue weighted by molar-refractivity contribution is 4.80. The predicted octanol–water partition coefficient (Wildman–Crippen LogP) is 2.43. The zero-order chi connectivity index (χ0) is 12.2. The average Bonchev–Trinajstić information content (AvgIpc) is 2.14. The Morgan fingerprint density at radius 1 is 1.31 bits per heavy atom. The number of alkyl halides is 3. The molecule has 16 heavy (non-hydrogen) atoms. The molecule has 0 aromatic carbocycles. The Labute approximate surface area is 94.8 Å². The first-order chi connectivity index (χ1) is 7.38. The number of nitrogens with one attached hydrogen (secondary N) is 1. The van der Waals surface area contributed by atoms with E-state index >= 15 is 0 Å². The summed E-state index contributed by atoms with van der Waals surface area (Å²) in [5.41, 5.74) is 5.93. The molecule has 2 nitrogen and oxygen atoms in total. The second-order valence-corrected chi connectivity index (χ2v) is 4.84. The molecular formula is C11H21F3N2. The number of hydrogen-bond acceptors (Lipinski definition) is 2. The highest BCUT2D eigenvalue weighted by Gasteiger charge is 2.30. The van der Waals surface area contributed by atoms with E-state index in [1.54, 1.807) is 6.92 Å². The molecule has 3 atom stereocenters. The molecule has 0 aliphatic heterocycles. The van der Waals surface area contributed by atoms with Crippen molar-refractivity contribution in [3.05, 3.63) is 0 Å². The minimum absolute atomic E-state index is 0.152. The summed E-state index contributed by atoms with van der Waals surface area (Å²) < 4.78 is 36.3. The maximum absolute atomic E-state index is 12.1. The van der Waals surface area contributed by atoms with Gasteiger partial charge >= 0.3 is 6.18 Å². The fourth-order valence-electron chi connectivity index (χ4n) is 2.26. The lowest BCUT2D eigenvalue weighted by atomic mass is 9.85. The molecule has 3 unspecified atom stereocenters. The van der Waals surface area contributed by atoms with Crippen LogP contribution in [0.1, 0.15) is 39.0 Å². The number of nitrogens with two attached hydrogens (primary N) is 1. The largest absolute Gasteiger partial charge is 0.390 e. The smallest absolute Gasteiger partial charge is 0.327 e. The van der Waals surface area contributed by atoms with Crippen LogP contribution in [0.3, 0.4) is 0 Å². The van der Waals surface area contributed by atoms with Gasteiger partial charge < -0.3 is 11.1 Å². The first-order valence-corrected chi connectivity index (χ1v) is 5.94. The molecule has 1 aliphatic carbocycles. The van der Waals surface area contributed by atoms with Crippen LogP contribution in [0.5, 0.6) is 0 Å². The fraction of sp³-hybridized carbons (Fsp3) is 1.00. The van der Waals surface area contributed by atoms with Crippen molar-refractivity contribution in [1.29, 1.82) is 0 Å². The van der Waals surface area contributed by atoms with Crippen LogP contribution in [-0.2, 0) is 0 Å². The van der Waals surface area contributed by atoms with Crippen molar-refractivity contribution in [3.8, 4) is 0 Å². The molecule has 1 aliphatic rings. The summed E-state index contributed by atoms with van der Waals surface area (Å²) in [6, 6.07) is -0.367. The Bertz CT molecular complexity index is 206. The van der Waals surface area contributed by atoms with Crippen molar-refractivity contribution in [1.82, 2.24) is 5.32 Å². The Kier molecular flexibility index (Phi) is 5.05.